The summed E-state index contributed by atoms with van der Waals surface area (Å²) in [6, 6.07) is 0. The first-order valence-electron chi connectivity index (χ1n) is 8.75. The molecule has 0 bridgehead atoms. The lowest BCUT2D eigenvalue weighted by molar-refractivity contribution is 0.240. The van der Waals surface area contributed by atoms with Crippen LogP contribution in [0.1, 0.15) is 68.1 Å². The van der Waals surface area contributed by atoms with Crippen molar-refractivity contribution >= 4 is 0 Å². The minimum absolute atomic E-state index is 0.393. The monoisotopic (exact) mass is 313 g/mol. The van der Waals surface area contributed by atoms with E-state index in [1.165, 1.54) is 29.8 Å². The van der Waals surface area contributed by atoms with Crippen molar-refractivity contribution in [1.29, 1.82) is 0 Å². The van der Waals surface area contributed by atoms with Gasteiger partial charge in [-0.3, -0.25) is 4.90 Å². The maximum Gasteiger partial charge on any atom is 0.131 e. The van der Waals surface area contributed by atoms with E-state index in [-0.39, 0.29) is 0 Å². The van der Waals surface area contributed by atoms with Gasteiger partial charge in [-0.15, -0.1) is 0 Å². The van der Waals surface area contributed by atoms with E-state index >= 15 is 0 Å². The molecule has 0 aliphatic carbocycles. The molecule has 0 amide bonds. The maximum absolute atomic E-state index is 4.73. The number of fused-ring (bicyclic) bond motifs is 1. The van der Waals surface area contributed by atoms with Crippen molar-refractivity contribution in [3.8, 4) is 0 Å². The summed E-state index contributed by atoms with van der Waals surface area (Å²) in [7, 11) is 0. The second-order valence-electron chi connectivity index (χ2n) is 6.77. The van der Waals surface area contributed by atoms with Crippen LogP contribution in [0.2, 0.25) is 0 Å². The summed E-state index contributed by atoms with van der Waals surface area (Å²) in [5.41, 5.74) is 3.71. The van der Waals surface area contributed by atoms with Gasteiger partial charge in [0.05, 0.1) is 0 Å². The summed E-state index contributed by atoms with van der Waals surface area (Å²) in [5, 5.41) is 0. The standard InChI is InChI=1S/C18H27N5/c1-4-5-6-17-19-10-15(21-17)12-23-8-7-16-14(11-23)9-20-18(22-16)13(2)3/h9-10,13H,4-8,11-12H2,1-3H3,(H,19,21). The lowest BCUT2D eigenvalue weighted by atomic mass is 10.1. The molecule has 5 heteroatoms. The number of nitrogens with one attached hydrogen (secondary N) is 1. The Hall–Kier alpha value is -1.75. The molecule has 2 aromatic heterocycles. The topological polar surface area (TPSA) is 57.7 Å². The normalized spacial score (nSPS) is 15.1. The van der Waals surface area contributed by atoms with E-state index in [0.29, 0.717) is 5.92 Å². The van der Waals surface area contributed by atoms with Crippen molar-refractivity contribution in [2.24, 2.45) is 0 Å². The average Bonchev–Trinajstić information content (AvgIpc) is 2.99. The molecule has 3 heterocycles. The Morgan fingerprint density at radius 3 is 2.91 bits per heavy atom. The van der Waals surface area contributed by atoms with Gasteiger partial charge in [0.25, 0.3) is 0 Å². The number of unbranched alkanes of at least 4 members (excludes halogenated alkanes) is 1. The van der Waals surface area contributed by atoms with Gasteiger partial charge in [-0.25, -0.2) is 15.0 Å². The molecule has 0 radical (unpaired) electrons. The lowest BCUT2D eigenvalue weighted by Gasteiger charge is -2.27. The molecule has 0 unspecified atom stereocenters. The zero-order valence-corrected chi connectivity index (χ0v) is 14.5. The fourth-order valence-electron chi connectivity index (χ4n) is 3.00. The van der Waals surface area contributed by atoms with Gasteiger partial charge in [-0.05, 0) is 6.42 Å². The maximum atomic E-state index is 4.73. The highest BCUT2D eigenvalue weighted by Gasteiger charge is 2.19. The SMILES string of the molecule is CCCCc1ncc(CN2CCc3nc(C(C)C)ncc3C2)[nH]1. The molecule has 5 nitrogen and oxygen atoms in total. The summed E-state index contributed by atoms with van der Waals surface area (Å²) in [6.45, 7) is 9.39. The molecule has 0 spiro atoms. The van der Waals surface area contributed by atoms with Gasteiger partial charge in [-0.2, -0.15) is 0 Å². The first-order chi connectivity index (χ1) is 11.2. The van der Waals surface area contributed by atoms with Crippen molar-refractivity contribution in [3.05, 3.63) is 41.0 Å². The quantitative estimate of drug-likeness (QED) is 0.889. The van der Waals surface area contributed by atoms with E-state index in [9.17, 15) is 0 Å². The number of hydrogen-bond donors (Lipinski definition) is 1. The van der Waals surface area contributed by atoms with Crippen molar-refractivity contribution < 1.29 is 0 Å². The van der Waals surface area contributed by atoms with Crippen molar-refractivity contribution in [2.75, 3.05) is 6.54 Å². The molecule has 1 aliphatic rings. The summed E-state index contributed by atoms with van der Waals surface area (Å²) in [4.78, 5) is 19.6. The molecule has 2 aromatic rings. The molecular weight excluding hydrogens is 286 g/mol. The highest BCUT2D eigenvalue weighted by molar-refractivity contribution is 5.21. The number of aromatic amines is 1. The Morgan fingerprint density at radius 1 is 1.26 bits per heavy atom. The molecule has 23 heavy (non-hydrogen) atoms. The summed E-state index contributed by atoms with van der Waals surface area (Å²) < 4.78 is 0. The van der Waals surface area contributed by atoms with Crippen LogP contribution in [0.3, 0.4) is 0 Å². The highest BCUT2D eigenvalue weighted by Crippen LogP contribution is 2.20. The van der Waals surface area contributed by atoms with Crippen LogP contribution < -0.4 is 0 Å². The molecule has 124 valence electrons. The molecule has 0 aromatic carbocycles. The van der Waals surface area contributed by atoms with Gasteiger partial charge in [-0.1, -0.05) is 27.2 Å². The van der Waals surface area contributed by atoms with E-state index in [1.807, 2.05) is 12.4 Å². The lowest BCUT2D eigenvalue weighted by Crippen LogP contribution is -2.31. The van der Waals surface area contributed by atoms with E-state index in [0.717, 1.165) is 44.1 Å². The van der Waals surface area contributed by atoms with Crippen molar-refractivity contribution in [3.63, 3.8) is 0 Å². The van der Waals surface area contributed by atoms with E-state index in [4.69, 9.17) is 4.98 Å². The number of nitrogens with zero attached hydrogens (tertiary/aromatic N) is 4. The van der Waals surface area contributed by atoms with Crippen LogP contribution in [-0.4, -0.2) is 31.4 Å². The van der Waals surface area contributed by atoms with Crippen LogP contribution in [0.25, 0.3) is 0 Å². The number of aromatic nitrogens is 4. The molecule has 0 atom stereocenters. The predicted octanol–water partition coefficient (Wildman–Crippen LogP) is 3.22. The Labute approximate surface area is 138 Å². The smallest absolute Gasteiger partial charge is 0.131 e. The molecule has 1 aliphatic heterocycles. The number of imidazole rings is 1. The second-order valence-corrected chi connectivity index (χ2v) is 6.77. The van der Waals surface area contributed by atoms with Crippen LogP contribution in [-0.2, 0) is 25.9 Å². The zero-order valence-electron chi connectivity index (χ0n) is 14.5. The third-order valence-corrected chi connectivity index (χ3v) is 4.39. The van der Waals surface area contributed by atoms with Crippen LogP contribution in [0, 0.1) is 0 Å². The number of rotatable bonds is 6. The predicted molar refractivity (Wildman–Crippen MR) is 91.1 cm³/mol. The summed E-state index contributed by atoms with van der Waals surface area (Å²) in [5.74, 6) is 2.47. The molecule has 3 rings (SSSR count). The molecule has 0 saturated heterocycles. The zero-order chi connectivity index (χ0) is 16.2. The van der Waals surface area contributed by atoms with Gasteiger partial charge in [0.15, 0.2) is 0 Å². The van der Waals surface area contributed by atoms with Crippen molar-refractivity contribution in [1.82, 2.24) is 24.8 Å². The van der Waals surface area contributed by atoms with Crippen LogP contribution in [0.15, 0.2) is 12.4 Å². The Balaban J connectivity index is 1.62. The van der Waals surface area contributed by atoms with Crippen molar-refractivity contribution in [2.45, 2.75) is 65.5 Å². The minimum atomic E-state index is 0.393. The summed E-state index contributed by atoms with van der Waals surface area (Å²) >= 11 is 0. The first-order valence-corrected chi connectivity index (χ1v) is 8.75. The van der Waals surface area contributed by atoms with E-state index < -0.39 is 0 Å². The Morgan fingerprint density at radius 2 is 2.13 bits per heavy atom. The van der Waals surface area contributed by atoms with Crippen LogP contribution >= 0.6 is 0 Å². The third kappa shape index (κ3) is 3.96. The van der Waals surface area contributed by atoms with Gasteiger partial charge in [0.2, 0.25) is 0 Å². The van der Waals surface area contributed by atoms with Gasteiger partial charge in [0, 0.05) is 67.7 Å². The van der Waals surface area contributed by atoms with Gasteiger partial charge in [0.1, 0.15) is 11.6 Å². The van der Waals surface area contributed by atoms with Gasteiger partial charge < -0.3 is 4.98 Å². The Bertz CT molecular complexity index is 647. The average molecular weight is 313 g/mol. The first kappa shape index (κ1) is 16.1. The van der Waals surface area contributed by atoms with E-state index in [1.54, 1.807) is 0 Å². The molecular formula is C18H27N5. The third-order valence-electron chi connectivity index (χ3n) is 4.39. The number of aryl methyl sites for hydroxylation is 1. The molecule has 0 fully saturated rings. The fourth-order valence-corrected chi connectivity index (χ4v) is 3.00. The highest BCUT2D eigenvalue weighted by atomic mass is 15.1. The van der Waals surface area contributed by atoms with Crippen LogP contribution in [0.5, 0.6) is 0 Å². The fraction of sp³-hybridized carbons (Fsp3) is 0.611. The summed E-state index contributed by atoms with van der Waals surface area (Å²) in [6.07, 6.45) is 8.46. The largest absolute Gasteiger partial charge is 0.345 e. The molecule has 0 saturated carbocycles. The van der Waals surface area contributed by atoms with E-state index in [2.05, 4.69) is 40.6 Å². The van der Waals surface area contributed by atoms with Crippen LogP contribution in [0.4, 0.5) is 0 Å². The Kier molecular flexibility index (Phi) is 5.06. The van der Waals surface area contributed by atoms with Gasteiger partial charge >= 0.3 is 0 Å². The number of hydrogen-bond acceptors (Lipinski definition) is 4. The second kappa shape index (κ2) is 7.21. The minimum Gasteiger partial charge on any atom is -0.345 e. The molecule has 1 N–H and O–H groups in total. The number of H-pyrrole nitrogens is 1.